The van der Waals surface area contributed by atoms with Gasteiger partial charge >= 0.3 is 0 Å². The molecular weight excluding hydrogens is 344 g/mol. The molecule has 0 saturated carbocycles. The second kappa shape index (κ2) is 7.14. The van der Waals surface area contributed by atoms with Crippen molar-refractivity contribution in [2.45, 2.75) is 12.8 Å². The topological polar surface area (TPSA) is 69.0 Å². The highest BCUT2D eigenvalue weighted by Gasteiger charge is 2.27. The minimum Gasteiger partial charge on any atom is -0.347 e. The second-order valence-corrected chi connectivity index (χ2v) is 7.44. The Kier molecular flexibility index (Phi) is 4.55. The van der Waals surface area contributed by atoms with E-state index in [1.165, 1.54) is 4.70 Å². The maximum Gasteiger partial charge on any atom is 0.229 e. The summed E-state index contributed by atoms with van der Waals surface area (Å²) >= 11 is 1.68. The van der Waals surface area contributed by atoms with Gasteiger partial charge in [0.25, 0.3) is 0 Å². The third kappa shape index (κ3) is 3.39. The van der Waals surface area contributed by atoms with Gasteiger partial charge in [-0.15, -0.1) is 0 Å². The van der Waals surface area contributed by atoms with Crippen LogP contribution >= 0.6 is 11.3 Å². The van der Waals surface area contributed by atoms with E-state index in [9.17, 15) is 4.79 Å². The summed E-state index contributed by atoms with van der Waals surface area (Å²) in [6, 6.07) is 17.2. The number of hydrogen-bond donors (Lipinski definition) is 1. The lowest BCUT2D eigenvalue weighted by Crippen LogP contribution is -2.40. The van der Waals surface area contributed by atoms with Crippen molar-refractivity contribution < 1.29 is 4.79 Å². The van der Waals surface area contributed by atoms with Crippen LogP contribution in [0.3, 0.4) is 0 Å². The van der Waals surface area contributed by atoms with Crippen molar-refractivity contribution in [2.24, 2.45) is 5.92 Å². The first kappa shape index (κ1) is 16.6. The highest BCUT2D eigenvalue weighted by Crippen LogP contribution is 2.31. The summed E-state index contributed by atoms with van der Waals surface area (Å²) in [5.74, 6) is -0.0353. The molecule has 2 aromatic carbocycles. The van der Waals surface area contributed by atoms with E-state index >= 15 is 0 Å². The molecule has 3 aromatic rings. The van der Waals surface area contributed by atoms with Crippen LogP contribution in [0.4, 0.5) is 10.8 Å². The van der Waals surface area contributed by atoms with Gasteiger partial charge in [-0.3, -0.25) is 4.79 Å². The van der Waals surface area contributed by atoms with E-state index in [1.54, 1.807) is 35.6 Å². The van der Waals surface area contributed by atoms with Crippen molar-refractivity contribution in [3.63, 3.8) is 0 Å². The molecule has 6 heteroatoms. The Balaban J connectivity index is 1.45. The van der Waals surface area contributed by atoms with Crippen molar-refractivity contribution in [1.29, 1.82) is 5.26 Å². The maximum absolute atomic E-state index is 12.7. The van der Waals surface area contributed by atoms with E-state index in [2.05, 4.69) is 22.4 Å². The predicted octanol–water partition coefficient (Wildman–Crippen LogP) is 4.02. The molecule has 1 aromatic heterocycles. The fraction of sp³-hybridized carbons (Fsp3) is 0.250. The number of carbonyl (C=O) groups excluding carboxylic acids is 1. The van der Waals surface area contributed by atoms with Crippen LogP contribution in [0, 0.1) is 17.2 Å². The van der Waals surface area contributed by atoms with Gasteiger partial charge in [-0.25, -0.2) is 4.98 Å². The summed E-state index contributed by atoms with van der Waals surface area (Å²) in [5, 5.41) is 12.8. The van der Waals surface area contributed by atoms with Crippen LogP contribution in [-0.4, -0.2) is 24.0 Å². The Bertz CT molecular complexity index is 940. The number of anilines is 2. The van der Waals surface area contributed by atoms with Crippen molar-refractivity contribution in [3.8, 4) is 6.07 Å². The molecule has 1 unspecified atom stereocenters. The van der Waals surface area contributed by atoms with Crippen LogP contribution in [0.25, 0.3) is 10.2 Å². The van der Waals surface area contributed by atoms with Gasteiger partial charge in [-0.2, -0.15) is 5.26 Å². The average molecular weight is 362 g/mol. The van der Waals surface area contributed by atoms with Crippen LogP contribution < -0.4 is 10.2 Å². The number of fused-ring (bicyclic) bond motifs is 1. The van der Waals surface area contributed by atoms with Crippen molar-refractivity contribution in [2.75, 3.05) is 23.3 Å². The summed E-state index contributed by atoms with van der Waals surface area (Å²) in [6.45, 7) is 1.61. The molecule has 130 valence electrons. The number of nitriles is 1. The number of para-hydroxylation sites is 1. The molecule has 2 heterocycles. The number of rotatable bonds is 3. The van der Waals surface area contributed by atoms with Crippen molar-refractivity contribution in [3.05, 3.63) is 54.1 Å². The lowest BCUT2D eigenvalue weighted by atomic mass is 9.97. The molecule has 0 radical (unpaired) electrons. The van der Waals surface area contributed by atoms with Gasteiger partial charge in [0.05, 0.1) is 27.8 Å². The Morgan fingerprint density at radius 3 is 2.81 bits per heavy atom. The Labute approximate surface area is 155 Å². The van der Waals surface area contributed by atoms with Gasteiger partial charge in [-0.1, -0.05) is 23.5 Å². The van der Waals surface area contributed by atoms with E-state index in [0.717, 1.165) is 35.7 Å². The van der Waals surface area contributed by atoms with Crippen molar-refractivity contribution >= 4 is 38.3 Å². The first-order valence-electron chi connectivity index (χ1n) is 8.64. The molecule has 0 spiro atoms. The van der Waals surface area contributed by atoms with Crippen molar-refractivity contribution in [1.82, 2.24) is 4.98 Å². The molecule has 1 amide bonds. The molecule has 1 atom stereocenters. The van der Waals surface area contributed by atoms with Crippen LogP contribution in [0.1, 0.15) is 18.4 Å². The average Bonchev–Trinajstić information content (AvgIpc) is 3.13. The predicted molar refractivity (Wildman–Crippen MR) is 104 cm³/mol. The van der Waals surface area contributed by atoms with Gasteiger partial charge in [0, 0.05) is 18.8 Å². The number of nitrogens with one attached hydrogen (secondary N) is 1. The van der Waals surface area contributed by atoms with E-state index in [1.807, 2.05) is 18.2 Å². The Hall–Kier alpha value is -2.91. The second-order valence-electron chi connectivity index (χ2n) is 6.43. The first-order chi connectivity index (χ1) is 12.7. The van der Waals surface area contributed by atoms with Crippen LogP contribution in [-0.2, 0) is 4.79 Å². The molecular formula is C20H18N4OS. The molecule has 1 fully saturated rings. The van der Waals surface area contributed by atoms with Crippen LogP contribution in [0.5, 0.6) is 0 Å². The fourth-order valence-corrected chi connectivity index (χ4v) is 4.23. The quantitative estimate of drug-likeness (QED) is 0.764. The zero-order chi connectivity index (χ0) is 17.9. The smallest absolute Gasteiger partial charge is 0.229 e. The Morgan fingerprint density at radius 2 is 2.04 bits per heavy atom. The SMILES string of the molecule is N#Cc1ccc(NC(=O)C2CCCN(c3nc4ccccc4s3)C2)cc1. The van der Waals surface area contributed by atoms with E-state index in [4.69, 9.17) is 10.2 Å². The molecule has 5 nitrogen and oxygen atoms in total. The zero-order valence-electron chi connectivity index (χ0n) is 14.2. The molecule has 1 N–H and O–H groups in total. The lowest BCUT2D eigenvalue weighted by molar-refractivity contribution is -0.120. The van der Waals surface area contributed by atoms with Gasteiger partial charge in [0.2, 0.25) is 5.91 Å². The highest BCUT2D eigenvalue weighted by molar-refractivity contribution is 7.22. The summed E-state index contributed by atoms with van der Waals surface area (Å²) in [4.78, 5) is 19.6. The standard InChI is InChI=1S/C20H18N4OS/c21-12-14-7-9-16(10-8-14)22-19(25)15-4-3-11-24(13-15)20-23-17-5-1-2-6-18(17)26-20/h1-2,5-10,15H,3-4,11,13H2,(H,22,25). The molecule has 4 rings (SSSR count). The molecule has 26 heavy (non-hydrogen) atoms. The third-order valence-corrected chi connectivity index (χ3v) is 5.72. The number of aromatic nitrogens is 1. The minimum atomic E-state index is -0.0635. The largest absolute Gasteiger partial charge is 0.347 e. The molecule has 1 aliphatic heterocycles. The van der Waals surface area contributed by atoms with Gasteiger partial charge in [0.1, 0.15) is 0 Å². The number of benzene rings is 2. The summed E-state index contributed by atoms with van der Waals surface area (Å²) in [6.07, 6.45) is 1.85. The Morgan fingerprint density at radius 1 is 1.23 bits per heavy atom. The minimum absolute atomic E-state index is 0.0283. The number of nitrogens with zero attached hydrogens (tertiary/aromatic N) is 3. The van der Waals surface area contributed by atoms with E-state index in [-0.39, 0.29) is 11.8 Å². The normalized spacial score (nSPS) is 17.0. The summed E-state index contributed by atoms with van der Waals surface area (Å²) < 4.78 is 1.17. The lowest BCUT2D eigenvalue weighted by Gasteiger charge is -2.31. The van der Waals surface area contributed by atoms with Gasteiger partial charge in [0.15, 0.2) is 5.13 Å². The number of piperidine rings is 1. The zero-order valence-corrected chi connectivity index (χ0v) is 15.0. The molecule has 0 bridgehead atoms. The van der Waals surface area contributed by atoms with Gasteiger partial charge in [-0.05, 0) is 49.2 Å². The third-order valence-electron chi connectivity index (χ3n) is 4.63. The van der Waals surface area contributed by atoms with Crippen LogP contribution in [0.2, 0.25) is 0 Å². The molecule has 1 aliphatic rings. The monoisotopic (exact) mass is 362 g/mol. The molecule has 1 saturated heterocycles. The number of amides is 1. The number of hydrogen-bond acceptors (Lipinski definition) is 5. The number of carbonyl (C=O) groups is 1. The van der Waals surface area contributed by atoms with E-state index < -0.39 is 0 Å². The first-order valence-corrected chi connectivity index (χ1v) is 9.46. The van der Waals surface area contributed by atoms with E-state index in [0.29, 0.717) is 12.1 Å². The summed E-state index contributed by atoms with van der Waals surface area (Å²) in [7, 11) is 0. The van der Waals surface area contributed by atoms with Crippen LogP contribution in [0.15, 0.2) is 48.5 Å². The van der Waals surface area contributed by atoms with Gasteiger partial charge < -0.3 is 10.2 Å². The molecule has 0 aliphatic carbocycles. The fourth-order valence-electron chi connectivity index (χ4n) is 3.23. The number of thiazole rings is 1. The highest BCUT2D eigenvalue weighted by atomic mass is 32.1. The maximum atomic E-state index is 12.7. The summed E-state index contributed by atoms with van der Waals surface area (Å²) in [5.41, 5.74) is 2.32.